The second-order valence-electron chi connectivity index (χ2n) is 9.87. The molecule has 1 aliphatic carbocycles. The SMILES string of the molecule is COc1ccc2c(c1)c(C=C1Oc3cc(O)ccc3C1=O)c(C1CC1)n2CCN1CCN(C)CC1. The molecule has 2 aromatic carbocycles. The summed E-state index contributed by atoms with van der Waals surface area (Å²) in [5, 5.41) is 10.9. The van der Waals surface area contributed by atoms with Gasteiger partial charge in [-0.2, -0.15) is 0 Å². The zero-order chi connectivity index (χ0) is 24.1. The summed E-state index contributed by atoms with van der Waals surface area (Å²) in [6.07, 6.45) is 4.21. The average molecular weight is 474 g/mol. The van der Waals surface area contributed by atoms with E-state index in [0.29, 0.717) is 23.0 Å². The number of carbonyl (C=O) groups excluding carboxylic acids is 1. The second kappa shape index (κ2) is 8.73. The second-order valence-corrected chi connectivity index (χ2v) is 9.87. The van der Waals surface area contributed by atoms with Gasteiger partial charge in [0.1, 0.15) is 17.2 Å². The van der Waals surface area contributed by atoms with Crippen LogP contribution in [-0.2, 0) is 6.54 Å². The van der Waals surface area contributed by atoms with Gasteiger partial charge < -0.3 is 24.0 Å². The molecule has 182 valence electrons. The van der Waals surface area contributed by atoms with Gasteiger partial charge in [-0.05, 0) is 62.2 Å². The number of phenolic OH excluding ortho intramolecular Hbond substituents is 1. The summed E-state index contributed by atoms with van der Waals surface area (Å²) in [6.45, 7) is 6.29. The molecule has 3 aliphatic rings. The first-order chi connectivity index (χ1) is 17.0. The van der Waals surface area contributed by atoms with Crippen molar-refractivity contribution in [3.63, 3.8) is 0 Å². The molecule has 1 aromatic heterocycles. The number of fused-ring (bicyclic) bond motifs is 2. The normalized spacial score (nSPS) is 19.9. The van der Waals surface area contributed by atoms with Gasteiger partial charge in [-0.25, -0.2) is 0 Å². The summed E-state index contributed by atoms with van der Waals surface area (Å²) < 4.78 is 13.9. The topological polar surface area (TPSA) is 67.2 Å². The Morgan fingerprint density at radius 3 is 2.63 bits per heavy atom. The fourth-order valence-corrected chi connectivity index (χ4v) is 5.32. The highest BCUT2D eigenvalue weighted by atomic mass is 16.5. The smallest absolute Gasteiger partial charge is 0.231 e. The molecule has 35 heavy (non-hydrogen) atoms. The Balaban J connectivity index is 1.42. The van der Waals surface area contributed by atoms with Crippen LogP contribution in [0.15, 0.2) is 42.2 Å². The van der Waals surface area contributed by atoms with Crippen LogP contribution in [0.25, 0.3) is 17.0 Å². The van der Waals surface area contributed by atoms with Crippen LogP contribution in [0.1, 0.15) is 40.4 Å². The highest BCUT2D eigenvalue weighted by Crippen LogP contribution is 2.47. The van der Waals surface area contributed by atoms with Gasteiger partial charge in [-0.3, -0.25) is 9.69 Å². The molecule has 0 amide bonds. The summed E-state index contributed by atoms with van der Waals surface area (Å²) in [6, 6.07) is 10.9. The molecular weight excluding hydrogens is 442 g/mol. The lowest BCUT2D eigenvalue weighted by molar-refractivity contribution is 0.101. The van der Waals surface area contributed by atoms with Gasteiger partial charge in [-0.1, -0.05) is 0 Å². The van der Waals surface area contributed by atoms with E-state index < -0.39 is 0 Å². The molecule has 0 radical (unpaired) electrons. The molecule has 2 aliphatic heterocycles. The van der Waals surface area contributed by atoms with E-state index in [0.717, 1.165) is 74.3 Å². The molecule has 1 saturated carbocycles. The van der Waals surface area contributed by atoms with Gasteiger partial charge in [0.25, 0.3) is 0 Å². The van der Waals surface area contributed by atoms with Crippen LogP contribution in [0.3, 0.4) is 0 Å². The van der Waals surface area contributed by atoms with Gasteiger partial charge >= 0.3 is 0 Å². The fourth-order valence-electron chi connectivity index (χ4n) is 5.32. The first kappa shape index (κ1) is 22.2. The number of ether oxygens (including phenoxy) is 2. The summed E-state index contributed by atoms with van der Waals surface area (Å²) in [7, 11) is 3.86. The third-order valence-corrected chi connectivity index (χ3v) is 7.48. The number of piperazine rings is 1. The van der Waals surface area contributed by atoms with Crippen LogP contribution in [0.2, 0.25) is 0 Å². The summed E-state index contributed by atoms with van der Waals surface area (Å²) in [5.41, 5.74) is 3.97. The van der Waals surface area contributed by atoms with Crippen molar-refractivity contribution < 1.29 is 19.4 Å². The molecule has 0 spiro atoms. The highest BCUT2D eigenvalue weighted by Gasteiger charge is 2.34. The number of phenols is 1. The highest BCUT2D eigenvalue weighted by molar-refractivity contribution is 6.15. The number of carbonyl (C=O) groups is 1. The van der Waals surface area contributed by atoms with E-state index in [1.54, 1.807) is 13.2 Å². The number of hydrogen-bond acceptors (Lipinski definition) is 6. The zero-order valence-corrected chi connectivity index (χ0v) is 20.3. The van der Waals surface area contributed by atoms with Crippen molar-refractivity contribution in [3.8, 4) is 17.2 Å². The molecule has 1 saturated heterocycles. The van der Waals surface area contributed by atoms with Crippen molar-refractivity contribution in [3.05, 3.63) is 59.0 Å². The minimum atomic E-state index is -0.150. The minimum absolute atomic E-state index is 0.0849. The lowest BCUT2D eigenvalue weighted by Crippen LogP contribution is -2.45. The maximum absolute atomic E-state index is 13.1. The number of rotatable bonds is 6. The number of nitrogens with zero attached hydrogens (tertiary/aromatic N) is 3. The number of ketones is 1. The lowest BCUT2D eigenvalue weighted by atomic mass is 10.0. The van der Waals surface area contributed by atoms with Gasteiger partial charge in [0.05, 0.1) is 12.7 Å². The Bertz CT molecular complexity index is 1330. The molecular formula is C28H31N3O4. The number of likely N-dealkylation sites (N-methyl/N-ethyl adjacent to an activating group) is 1. The Kier molecular flexibility index (Phi) is 5.54. The summed E-state index contributed by atoms with van der Waals surface area (Å²) in [5.74, 6) is 1.92. The lowest BCUT2D eigenvalue weighted by Gasteiger charge is -2.32. The Labute approximate surface area is 205 Å². The fraction of sp³-hybridized carbons (Fsp3) is 0.393. The molecule has 6 rings (SSSR count). The first-order valence-electron chi connectivity index (χ1n) is 12.4. The number of aromatic nitrogens is 1. The third-order valence-electron chi connectivity index (χ3n) is 7.48. The maximum atomic E-state index is 13.1. The van der Waals surface area contributed by atoms with E-state index >= 15 is 0 Å². The first-order valence-corrected chi connectivity index (χ1v) is 12.4. The molecule has 7 nitrogen and oxygen atoms in total. The standard InChI is InChI=1S/C28H31N3O4/c1-29-9-11-30(12-10-29)13-14-31-24-8-6-20(34-2)16-22(24)23(27(31)18-3-4-18)17-26-28(33)21-7-5-19(32)15-25(21)35-26/h5-8,15-18,32H,3-4,9-14H2,1-2H3. The summed E-state index contributed by atoms with van der Waals surface area (Å²) >= 11 is 0. The molecule has 3 heterocycles. The molecule has 1 N–H and O–H groups in total. The molecule has 0 bridgehead atoms. The van der Waals surface area contributed by atoms with E-state index in [9.17, 15) is 9.90 Å². The number of hydrogen-bond donors (Lipinski definition) is 1. The third kappa shape index (κ3) is 4.09. The number of allylic oxidation sites excluding steroid dienone is 1. The van der Waals surface area contributed by atoms with Crippen molar-refractivity contribution in [1.29, 1.82) is 0 Å². The van der Waals surface area contributed by atoms with Gasteiger partial charge in [0, 0.05) is 67.5 Å². The van der Waals surface area contributed by atoms with E-state index in [-0.39, 0.29) is 11.5 Å². The van der Waals surface area contributed by atoms with Crippen LogP contribution in [-0.4, -0.2) is 72.1 Å². The average Bonchev–Trinajstić information content (AvgIpc) is 3.60. The predicted molar refractivity (Wildman–Crippen MR) is 135 cm³/mol. The number of Topliss-reactive ketones (excluding diaryl/α,β-unsaturated/α-hetero) is 1. The molecule has 7 heteroatoms. The van der Waals surface area contributed by atoms with Crippen LogP contribution in [0.4, 0.5) is 0 Å². The maximum Gasteiger partial charge on any atom is 0.231 e. The zero-order valence-electron chi connectivity index (χ0n) is 20.3. The number of aromatic hydroxyl groups is 1. The number of benzene rings is 2. The quantitative estimate of drug-likeness (QED) is 0.544. The van der Waals surface area contributed by atoms with Crippen molar-refractivity contribution in [2.75, 3.05) is 46.9 Å². The van der Waals surface area contributed by atoms with Crippen molar-refractivity contribution >= 4 is 22.8 Å². The van der Waals surface area contributed by atoms with Crippen LogP contribution < -0.4 is 9.47 Å². The Morgan fingerprint density at radius 1 is 1.09 bits per heavy atom. The van der Waals surface area contributed by atoms with E-state index in [1.807, 2.05) is 12.1 Å². The monoisotopic (exact) mass is 473 g/mol. The van der Waals surface area contributed by atoms with E-state index in [2.05, 4.69) is 33.5 Å². The molecule has 2 fully saturated rings. The molecule has 0 atom stereocenters. The van der Waals surface area contributed by atoms with Crippen LogP contribution >= 0.6 is 0 Å². The predicted octanol–water partition coefficient (Wildman–Crippen LogP) is 4.10. The van der Waals surface area contributed by atoms with Gasteiger partial charge in [0.15, 0.2) is 5.76 Å². The van der Waals surface area contributed by atoms with Crippen LogP contribution in [0, 0.1) is 0 Å². The van der Waals surface area contributed by atoms with Crippen molar-refractivity contribution in [1.82, 2.24) is 14.4 Å². The number of methoxy groups -OCH3 is 1. The molecule has 0 unspecified atom stereocenters. The molecule has 3 aromatic rings. The van der Waals surface area contributed by atoms with Crippen molar-refractivity contribution in [2.45, 2.75) is 25.3 Å². The minimum Gasteiger partial charge on any atom is -0.508 e. The van der Waals surface area contributed by atoms with Gasteiger partial charge in [0.2, 0.25) is 5.78 Å². The van der Waals surface area contributed by atoms with E-state index in [1.165, 1.54) is 17.8 Å². The summed E-state index contributed by atoms with van der Waals surface area (Å²) in [4.78, 5) is 18.0. The Morgan fingerprint density at radius 2 is 1.89 bits per heavy atom. The van der Waals surface area contributed by atoms with Gasteiger partial charge in [-0.15, -0.1) is 0 Å². The van der Waals surface area contributed by atoms with E-state index in [4.69, 9.17) is 9.47 Å². The van der Waals surface area contributed by atoms with Crippen LogP contribution in [0.5, 0.6) is 17.2 Å². The van der Waals surface area contributed by atoms with Crippen molar-refractivity contribution in [2.24, 2.45) is 0 Å². The largest absolute Gasteiger partial charge is 0.508 e. The Hall–Kier alpha value is -3.29.